The molecule has 3 aromatic rings. The first-order valence-electron chi connectivity index (χ1n) is 9.50. The lowest BCUT2D eigenvalue weighted by molar-refractivity contribution is -0.137. The van der Waals surface area contributed by atoms with Crippen molar-refractivity contribution in [1.29, 1.82) is 0 Å². The molecule has 0 saturated heterocycles. The van der Waals surface area contributed by atoms with Gasteiger partial charge in [0.15, 0.2) is 0 Å². The molecule has 0 unspecified atom stereocenters. The molecule has 32 heavy (non-hydrogen) atoms. The predicted octanol–water partition coefficient (Wildman–Crippen LogP) is 4.98. The largest absolute Gasteiger partial charge is 0.417 e. The lowest BCUT2D eigenvalue weighted by Crippen LogP contribution is -2.47. The first-order chi connectivity index (χ1) is 14.9. The predicted molar refractivity (Wildman–Crippen MR) is 119 cm³/mol. The first kappa shape index (κ1) is 23.9. The van der Waals surface area contributed by atoms with E-state index in [1.165, 1.54) is 6.92 Å². The number of sulfonamides is 1. The van der Waals surface area contributed by atoms with Crippen LogP contribution in [0.2, 0.25) is 5.02 Å². The Kier molecular flexibility index (Phi) is 6.71. The number of carbonyl (C=O) groups excluding carboxylic acids is 1. The van der Waals surface area contributed by atoms with Crippen molar-refractivity contribution in [1.82, 2.24) is 5.32 Å². The number of fused-ring (bicyclic) bond motifs is 1. The Hall–Kier alpha value is -2.78. The molecule has 0 aliphatic rings. The van der Waals surface area contributed by atoms with Gasteiger partial charge in [0.05, 0.1) is 22.5 Å². The molecule has 0 spiro atoms. The quantitative estimate of drug-likeness (QED) is 0.536. The summed E-state index contributed by atoms with van der Waals surface area (Å²) in [6, 6.07) is 14.6. The third kappa shape index (κ3) is 5.16. The molecule has 170 valence electrons. The Bertz CT molecular complexity index is 1260. The van der Waals surface area contributed by atoms with E-state index in [-0.39, 0.29) is 12.2 Å². The van der Waals surface area contributed by atoms with E-state index < -0.39 is 38.7 Å². The van der Waals surface area contributed by atoms with E-state index in [2.05, 4.69) is 5.32 Å². The number of amides is 1. The summed E-state index contributed by atoms with van der Waals surface area (Å²) in [5.74, 6) is -0.660. The molecule has 3 rings (SSSR count). The molecular weight excluding hydrogens is 465 g/mol. The fourth-order valence-corrected chi connectivity index (χ4v) is 4.84. The van der Waals surface area contributed by atoms with Crippen LogP contribution >= 0.6 is 11.6 Å². The van der Waals surface area contributed by atoms with Crippen LogP contribution in [0.1, 0.15) is 18.1 Å². The molecule has 1 amide bonds. The zero-order chi connectivity index (χ0) is 23.7. The van der Waals surface area contributed by atoms with Crippen LogP contribution in [0.15, 0.2) is 60.7 Å². The van der Waals surface area contributed by atoms with Gasteiger partial charge >= 0.3 is 6.18 Å². The van der Waals surface area contributed by atoms with Gasteiger partial charge in [-0.2, -0.15) is 13.2 Å². The van der Waals surface area contributed by atoms with Crippen molar-refractivity contribution < 1.29 is 26.4 Å². The zero-order valence-corrected chi connectivity index (χ0v) is 18.7. The minimum Gasteiger partial charge on any atom is -0.350 e. The normalized spacial score (nSPS) is 13.1. The fourth-order valence-electron chi connectivity index (χ4n) is 3.45. The Morgan fingerprint density at radius 3 is 2.41 bits per heavy atom. The van der Waals surface area contributed by atoms with E-state index in [9.17, 15) is 26.4 Å². The highest BCUT2D eigenvalue weighted by atomic mass is 35.5. The summed E-state index contributed by atoms with van der Waals surface area (Å²) in [5.41, 5.74) is -0.675. The minimum absolute atomic E-state index is 0.122. The molecule has 0 saturated carbocycles. The third-order valence-electron chi connectivity index (χ3n) is 4.93. The number of hydrogen-bond acceptors (Lipinski definition) is 3. The molecule has 5 nitrogen and oxygen atoms in total. The molecule has 0 radical (unpaired) electrons. The van der Waals surface area contributed by atoms with Gasteiger partial charge in [-0.25, -0.2) is 8.42 Å². The number of anilines is 1. The highest BCUT2D eigenvalue weighted by Crippen LogP contribution is 2.37. The summed E-state index contributed by atoms with van der Waals surface area (Å²) in [6.07, 6.45) is -3.96. The number of nitrogens with one attached hydrogen (secondary N) is 1. The average Bonchev–Trinajstić information content (AvgIpc) is 2.71. The number of halogens is 4. The van der Waals surface area contributed by atoms with Crippen molar-refractivity contribution in [2.45, 2.75) is 25.7 Å². The van der Waals surface area contributed by atoms with Crippen LogP contribution in [0.25, 0.3) is 10.8 Å². The molecule has 0 bridgehead atoms. The zero-order valence-electron chi connectivity index (χ0n) is 17.2. The summed E-state index contributed by atoms with van der Waals surface area (Å²) in [7, 11) is -4.09. The van der Waals surface area contributed by atoms with Gasteiger partial charge in [-0.1, -0.05) is 54.1 Å². The van der Waals surface area contributed by atoms with Crippen molar-refractivity contribution in [3.8, 4) is 0 Å². The monoisotopic (exact) mass is 484 g/mol. The van der Waals surface area contributed by atoms with Gasteiger partial charge in [-0.15, -0.1) is 0 Å². The van der Waals surface area contributed by atoms with Crippen molar-refractivity contribution >= 4 is 44.0 Å². The number of rotatable bonds is 6. The SMILES string of the molecule is C[C@@H](C(=O)NCc1cccc2ccccc12)N(c1ccc(Cl)c(C(F)(F)F)c1)S(C)(=O)=O. The lowest BCUT2D eigenvalue weighted by Gasteiger charge is -2.29. The average molecular weight is 485 g/mol. The topological polar surface area (TPSA) is 66.5 Å². The maximum Gasteiger partial charge on any atom is 0.417 e. The van der Waals surface area contributed by atoms with Crippen molar-refractivity contribution in [2.24, 2.45) is 0 Å². The van der Waals surface area contributed by atoms with Crippen molar-refractivity contribution in [2.75, 3.05) is 10.6 Å². The van der Waals surface area contributed by atoms with Crippen LogP contribution < -0.4 is 9.62 Å². The van der Waals surface area contributed by atoms with Crippen molar-refractivity contribution in [3.05, 3.63) is 76.8 Å². The molecule has 0 aromatic heterocycles. The number of alkyl halides is 3. The van der Waals surface area contributed by atoms with Gasteiger partial charge in [0, 0.05) is 6.54 Å². The first-order valence-corrected chi connectivity index (χ1v) is 11.7. The van der Waals surface area contributed by atoms with E-state index in [4.69, 9.17) is 11.6 Å². The van der Waals surface area contributed by atoms with Crippen LogP contribution in [-0.4, -0.2) is 26.6 Å². The molecule has 10 heteroatoms. The number of carbonyl (C=O) groups is 1. The summed E-state index contributed by atoms with van der Waals surface area (Å²) in [4.78, 5) is 12.8. The second-order valence-corrected chi connectivity index (χ2v) is 9.52. The summed E-state index contributed by atoms with van der Waals surface area (Å²) < 4.78 is 65.2. The maximum absolute atomic E-state index is 13.3. The second-order valence-electron chi connectivity index (χ2n) is 7.25. The summed E-state index contributed by atoms with van der Waals surface area (Å²) in [6.45, 7) is 1.43. The third-order valence-corrected chi connectivity index (χ3v) is 6.50. The molecular formula is C22H20ClF3N2O3S. The molecule has 1 N–H and O–H groups in total. The van der Waals surface area contributed by atoms with Gasteiger partial charge in [0.1, 0.15) is 6.04 Å². The minimum atomic E-state index is -4.78. The Morgan fingerprint density at radius 1 is 1.09 bits per heavy atom. The van der Waals surface area contributed by atoms with Crippen LogP contribution in [-0.2, 0) is 27.5 Å². The van der Waals surface area contributed by atoms with E-state index in [1.807, 2.05) is 42.5 Å². The van der Waals surface area contributed by atoms with E-state index in [0.29, 0.717) is 10.4 Å². The fraction of sp³-hybridized carbons (Fsp3) is 0.227. The van der Waals surface area contributed by atoms with E-state index in [0.717, 1.165) is 34.7 Å². The molecule has 1 atom stereocenters. The number of hydrogen-bond donors (Lipinski definition) is 1. The van der Waals surface area contributed by atoms with Crippen LogP contribution in [0, 0.1) is 0 Å². The summed E-state index contributed by atoms with van der Waals surface area (Å²) in [5, 5.41) is 4.01. The van der Waals surface area contributed by atoms with E-state index >= 15 is 0 Å². The second kappa shape index (κ2) is 8.99. The highest BCUT2D eigenvalue weighted by Gasteiger charge is 2.36. The van der Waals surface area contributed by atoms with E-state index in [1.54, 1.807) is 0 Å². The number of benzene rings is 3. The Labute approximate surface area is 188 Å². The molecule has 0 aliphatic carbocycles. The van der Waals surface area contributed by atoms with Crippen LogP contribution in [0.5, 0.6) is 0 Å². The van der Waals surface area contributed by atoms with Gasteiger partial charge in [0.2, 0.25) is 15.9 Å². The molecule has 0 fully saturated rings. The Morgan fingerprint density at radius 2 is 1.75 bits per heavy atom. The van der Waals surface area contributed by atoms with Gasteiger partial charge in [-0.05, 0) is 41.5 Å². The molecule has 3 aromatic carbocycles. The lowest BCUT2D eigenvalue weighted by atomic mass is 10.0. The smallest absolute Gasteiger partial charge is 0.350 e. The molecule has 0 heterocycles. The van der Waals surface area contributed by atoms with Gasteiger partial charge < -0.3 is 5.32 Å². The number of nitrogens with zero attached hydrogens (tertiary/aromatic N) is 1. The standard InChI is InChI=1S/C22H20ClF3N2O3S/c1-14(21(29)27-13-16-8-5-7-15-6-3-4-9-18(15)16)28(32(2,30)31)17-10-11-20(23)19(12-17)22(24,25)26/h3-12,14H,13H2,1-2H3,(H,27,29)/t14-/m0/s1. The maximum atomic E-state index is 13.3. The highest BCUT2D eigenvalue weighted by molar-refractivity contribution is 7.92. The van der Waals surface area contributed by atoms with Gasteiger partial charge in [0.25, 0.3) is 0 Å². The van der Waals surface area contributed by atoms with Gasteiger partial charge in [-0.3, -0.25) is 9.10 Å². The van der Waals surface area contributed by atoms with Crippen LogP contribution in [0.3, 0.4) is 0 Å². The Balaban J connectivity index is 1.88. The van der Waals surface area contributed by atoms with Crippen LogP contribution in [0.4, 0.5) is 18.9 Å². The summed E-state index contributed by atoms with van der Waals surface area (Å²) >= 11 is 5.64. The molecule has 0 aliphatic heterocycles. The van der Waals surface area contributed by atoms with Crippen molar-refractivity contribution in [3.63, 3.8) is 0 Å².